The number of nitrogens with zero attached hydrogens (tertiary/aromatic N) is 2. The quantitative estimate of drug-likeness (QED) is 0.475. The van der Waals surface area contributed by atoms with E-state index in [0.29, 0.717) is 32.1 Å². The van der Waals surface area contributed by atoms with Crippen LogP contribution in [0.5, 0.6) is 0 Å². The Morgan fingerprint density at radius 3 is 2.52 bits per heavy atom. The molecule has 0 saturated heterocycles. The van der Waals surface area contributed by atoms with Gasteiger partial charge in [0.05, 0.1) is 23.6 Å². The summed E-state index contributed by atoms with van der Waals surface area (Å²) in [5.74, 6) is 0.298. The van der Waals surface area contributed by atoms with Crippen molar-refractivity contribution in [3.63, 3.8) is 0 Å². The summed E-state index contributed by atoms with van der Waals surface area (Å²) < 4.78 is 5.18. The number of hydrazone groups is 1. The highest BCUT2D eigenvalue weighted by Gasteiger charge is 2.70. The molecule has 0 amide bonds. The van der Waals surface area contributed by atoms with Crippen LogP contribution in [-0.2, 0) is 0 Å². The minimum absolute atomic E-state index is 0.0566. The SMILES string of the molecule is CN(C)N=CC12CCC(O)CC1(O)CCC1C2CCC2(C)C(c3ccc(=O)oc3)CCC12O. The van der Waals surface area contributed by atoms with Crippen LogP contribution in [0.15, 0.2) is 32.7 Å². The zero-order valence-corrected chi connectivity index (χ0v) is 20.0. The Morgan fingerprint density at radius 1 is 1.06 bits per heavy atom. The van der Waals surface area contributed by atoms with Crippen LogP contribution in [0, 0.1) is 22.7 Å². The van der Waals surface area contributed by atoms with Crippen molar-refractivity contribution in [2.45, 2.75) is 87.9 Å². The monoisotopic (exact) mass is 458 g/mol. The van der Waals surface area contributed by atoms with E-state index in [1.807, 2.05) is 26.4 Å². The number of hydrogen-bond acceptors (Lipinski definition) is 7. The molecule has 8 atom stereocenters. The molecule has 1 heterocycles. The van der Waals surface area contributed by atoms with Gasteiger partial charge in [-0.25, -0.2) is 4.79 Å². The maximum absolute atomic E-state index is 12.4. The molecule has 5 rings (SSSR count). The van der Waals surface area contributed by atoms with Gasteiger partial charge in [-0.1, -0.05) is 6.92 Å². The Balaban J connectivity index is 1.54. The van der Waals surface area contributed by atoms with Crippen LogP contribution in [0.4, 0.5) is 0 Å². The van der Waals surface area contributed by atoms with Crippen LogP contribution >= 0.6 is 0 Å². The standard InChI is InChI=1S/C26H38N2O5/c1-23-10-7-20-21(26(23,32)13-9-19(23)17-4-5-22(30)33-15-17)8-12-25(31)14-18(29)6-11-24(20,25)16-27-28(2)3/h4-5,15-16,18-21,29,31-32H,6-14H2,1-3H3. The summed E-state index contributed by atoms with van der Waals surface area (Å²) in [7, 11) is 3.77. The molecule has 1 aromatic rings. The highest BCUT2D eigenvalue weighted by molar-refractivity contribution is 5.69. The third-order valence-corrected chi connectivity index (χ3v) is 10.2. The third kappa shape index (κ3) is 3.18. The van der Waals surface area contributed by atoms with Gasteiger partial charge in [0, 0.05) is 43.6 Å². The van der Waals surface area contributed by atoms with Crippen molar-refractivity contribution in [2.24, 2.45) is 27.8 Å². The lowest BCUT2D eigenvalue weighted by atomic mass is 9.41. The number of hydrogen-bond donors (Lipinski definition) is 3. The fourth-order valence-corrected chi connectivity index (χ4v) is 8.50. The van der Waals surface area contributed by atoms with E-state index >= 15 is 0 Å². The van der Waals surface area contributed by atoms with Gasteiger partial charge in [0.2, 0.25) is 0 Å². The van der Waals surface area contributed by atoms with E-state index in [2.05, 4.69) is 12.0 Å². The fourth-order valence-electron chi connectivity index (χ4n) is 8.50. The van der Waals surface area contributed by atoms with Gasteiger partial charge < -0.3 is 24.7 Å². The van der Waals surface area contributed by atoms with Crippen LogP contribution in [0.3, 0.4) is 0 Å². The van der Waals surface area contributed by atoms with Crippen molar-refractivity contribution in [2.75, 3.05) is 14.1 Å². The van der Waals surface area contributed by atoms with Crippen molar-refractivity contribution >= 4 is 6.21 Å². The summed E-state index contributed by atoms with van der Waals surface area (Å²) in [4.78, 5) is 11.5. The molecule has 0 radical (unpaired) electrons. The lowest BCUT2D eigenvalue weighted by Crippen LogP contribution is -2.68. The molecule has 33 heavy (non-hydrogen) atoms. The van der Waals surface area contributed by atoms with Crippen LogP contribution in [0.2, 0.25) is 0 Å². The topological polar surface area (TPSA) is 106 Å². The maximum Gasteiger partial charge on any atom is 0.335 e. The largest absolute Gasteiger partial charge is 0.431 e. The van der Waals surface area contributed by atoms with Gasteiger partial charge in [0.15, 0.2) is 0 Å². The van der Waals surface area contributed by atoms with Gasteiger partial charge in [-0.3, -0.25) is 0 Å². The molecular weight excluding hydrogens is 420 g/mol. The fraction of sp³-hybridized carbons (Fsp3) is 0.769. The first-order chi connectivity index (χ1) is 15.5. The number of aliphatic hydroxyl groups excluding tert-OH is 1. The van der Waals surface area contributed by atoms with E-state index < -0.39 is 22.7 Å². The smallest absolute Gasteiger partial charge is 0.335 e. The molecule has 7 nitrogen and oxygen atoms in total. The van der Waals surface area contributed by atoms with E-state index in [-0.39, 0.29) is 28.8 Å². The van der Waals surface area contributed by atoms with Crippen molar-refractivity contribution < 1.29 is 19.7 Å². The normalized spacial score (nSPS) is 47.1. The molecule has 4 fully saturated rings. The first-order valence-electron chi connectivity index (χ1n) is 12.5. The zero-order valence-electron chi connectivity index (χ0n) is 20.0. The number of aliphatic hydroxyl groups is 3. The summed E-state index contributed by atoms with van der Waals surface area (Å²) >= 11 is 0. The van der Waals surface area contributed by atoms with Gasteiger partial charge in [0.25, 0.3) is 0 Å². The van der Waals surface area contributed by atoms with E-state index in [1.54, 1.807) is 11.3 Å². The highest BCUT2D eigenvalue weighted by Crippen LogP contribution is 2.71. The first kappa shape index (κ1) is 23.1. The molecule has 0 spiro atoms. The minimum Gasteiger partial charge on any atom is -0.431 e. The average Bonchev–Trinajstić information content (AvgIpc) is 3.04. The lowest BCUT2D eigenvalue weighted by molar-refractivity contribution is -0.235. The Hall–Kier alpha value is -1.70. The summed E-state index contributed by atoms with van der Waals surface area (Å²) in [6, 6.07) is 3.33. The second kappa shape index (κ2) is 7.65. The highest BCUT2D eigenvalue weighted by atomic mass is 16.4. The molecule has 4 aliphatic rings. The molecule has 0 bridgehead atoms. The zero-order chi connectivity index (χ0) is 23.6. The van der Waals surface area contributed by atoms with Crippen LogP contribution in [0.25, 0.3) is 0 Å². The maximum atomic E-state index is 12.4. The average molecular weight is 459 g/mol. The van der Waals surface area contributed by atoms with Gasteiger partial charge in [-0.05, 0) is 80.8 Å². The summed E-state index contributed by atoms with van der Waals surface area (Å²) in [6.07, 6.45) is 9.34. The van der Waals surface area contributed by atoms with E-state index in [1.165, 1.54) is 6.07 Å². The molecule has 1 aromatic heterocycles. The Kier molecular flexibility index (Phi) is 5.35. The van der Waals surface area contributed by atoms with Crippen LogP contribution in [0.1, 0.15) is 76.2 Å². The summed E-state index contributed by atoms with van der Waals surface area (Å²) in [5, 5.41) is 41.1. The van der Waals surface area contributed by atoms with Crippen molar-refractivity contribution in [3.8, 4) is 0 Å². The van der Waals surface area contributed by atoms with Crippen molar-refractivity contribution in [1.82, 2.24) is 5.01 Å². The molecule has 3 N–H and O–H groups in total. The molecule has 4 aliphatic carbocycles. The van der Waals surface area contributed by atoms with Gasteiger partial charge in [-0.2, -0.15) is 5.10 Å². The number of fused-ring (bicyclic) bond motifs is 5. The van der Waals surface area contributed by atoms with Gasteiger partial charge in [0.1, 0.15) is 0 Å². The second-order valence-electron chi connectivity index (χ2n) is 11.7. The summed E-state index contributed by atoms with van der Waals surface area (Å²) in [5.41, 5.74) is -2.09. The molecular formula is C26H38N2O5. The predicted octanol–water partition coefficient (Wildman–Crippen LogP) is 2.88. The van der Waals surface area contributed by atoms with Crippen molar-refractivity contribution in [1.29, 1.82) is 0 Å². The molecule has 4 saturated carbocycles. The molecule has 0 aliphatic heterocycles. The number of rotatable bonds is 3. The molecule has 8 unspecified atom stereocenters. The molecule has 182 valence electrons. The lowest BCUT2D eigenvalue weighted by Gasteiger charge is -2.65. The Labute approximate surface area is 195 Å². The Bertz CT molecular complexity index is 973. The molecule has 7 heteroatoms. The summed E-state index contributed by atoms with van der Waals surface area (Å²) in [6.45, 7) is 2.21. The second-order valence-corrected chi connectivity index (χ2v) is 11.7. The van der Waals surface area contributed by atoms with E-state index in [0.717, 1.165) is 31.2 Å². The van der Waals surface area contributed by atoms with Crippen LogP contribution in [-0.4, -0.2) is 57.9 Å². The predicted molar refractivity (Wildman–Crippen MR) is 125 cm³/mol. The first-order valence-corrected chi connectivity index (χ1v) is 12.5. The van der Waals surface area contributed by atoms with Gasteiger partial charge in [-0.15, -0.1) is 0 Å². The molecule has 0 aromatic carbocycles. The van der Waals surface area contributed by atoms with Crippen molar-refractivity contribution in [3.05, 3.63) is 34.4 Å². The minimum atomic E-state index is -1.00. The van der Waals surface area contributed by atoms with E-state index in [9.17, 15) is 20.1 Å². The third-order valence-electron chi connectivity index (χ3n) is 10.2. The van der Waals surface area contributed by atoms with E-state index in [4.69, 9.17) is 4.42 Å². The van der Waals surface area contributed by atoms with Gasteiger partial charge >= 0.3 is 5.63 Å². The van der Waals surface area contributed by atoms with Crippen LogP contribution < -0.4 is 5.63 Å². The Morgan fingerprint density at radius 2 is 1.82 bits per heavy atom.